The van der Waals surface area contributed by atoms with E-state index in [0.29, 0.717) is 29.5 Å². The standard InChI is InChI=1S/C19H21N3O4S/c1-13-12-17(14(2)11-16(13)25-3)27(23,24)20-10-9-18-21-22-19(26-18)15-7-5-4-6-8-15/h4-8,11-12,20H,9-10H2,1-3H3. The zero-order valence-electron chi connectivity index (χ0n) is 15.4. The van der Waals surface area contributed by atoms with Gasteiger partial charge in [0.2, 0.25) is 21.8 Å². The van der Waals surface area contributed by atoms with Gasteiger partial charge in [-0.2, -0.15) is 0 Å². The Balaban J connectivity index is 1.67. The molecule has 0 fully saturated rings. The number of nitrogens with one attached hydrogen (secondary N) is 1. The molecule has 0 spiro atoms. The fraction of sp³-hybridized carbons (Fsp3) is 0.263. The van der Waals surface area contributed by atoms with Crippen LogP contribution in [-0.2, 0) is 16.4 Å². The van der Waals surface area contributed by atoms with Gasteiger partial charge in [-0.3, -0.25) is 0 Å². The number of sulfonamides is 1. The summed E-state index contributed by atoms with van der Waals surface area (Å²) in [5.41, 5.74) is 2.20. The normalized spacial score (nSPS) is 11.5. The summed E-state index contributed by atoms with van der Waals surface area (Å²) in [6, 6.07) is 12.7. The van der Waals surface area contributed by atoms with Crippen LogP contribution in [0.25, 0.3) is 11.5 Å². The second-order valence-electron chi connectivity index (χ2n) is 6.10. The molecule has 0 aliphatic heterocycles. The van der Waals surface area contributed by atoms with Crippen LogP contribution in [0.4, 0.5) is 0 Å². The summed E-state index contributed by atoms with van der Waals surface area (Å²) in [5.74, 6) is 1.44. The third-order valence-corrected chi connectivity index (χ3v) is 5.70. The van der Waals surface area contributed by atoms with Gasteiger partial charge in [-0.15, -0.1) is 10.2 Å². The molecule has 0 bridgehead atoms. The lowest BCUT2D eigenvalue weighted by Gasteiger charge is -2.12. The molecule has 0 amide bonds. The van der Waals surface area contributed by atoms with Crippen LogP contribution < -0.4 is 9.46 Å². The van der Waals surface area contributed by atoms with Gasteiger partial charge >= 0.3 is 0 Å². The van der Waals surface area contributed by atoms with Gasteiger partial charge in [0.05, 0.1) is 12.0 Å². The number of ether oxygens (including phenoxy) is 1. The molecule has 1 aromatic heterocycles. The van der Waals surface area contributed by atoms with Crippen molar-refractivity contribution in [1.29, 1.82) is 0 Å². The van der Waals surface area contributed by atoms with Gasteiger partial charge < -0.3 is 9.15 Å². The maximum absolute atomic E-state index is 12.6. The Morgan fingerprint density at radius 1 is 1.07 bits per heavy atom. The summed E-state index contributed by atoms with van der Waals surface area (Å²) < 4.78 is 38.6. The fourth-order valence-corrected chi connectivity index (χ4v) is 4.04. The molecule has 1 heterocycles. The minimum absolute atomic E-state index is 0.156. The maximum Gasteiger partial charge on any atom is 0.247 e. The highest BCUT2D eigenvalue weighted by Gasteiger charge is 2.19. The first-order valence-electron chi connectivity index (χ1n) is 8.43. The molecule has 0 saturated heterocycles. The number of aryl methyl sites for hydroxylation is 2. The molecule has 0 atom stereocenters. The summed E-state index contributed by atoms with van der Waals surface area (Å²) in [7, 11) is -2.09. The number of hydrogen-bond donors (Lipinski definition) is 1. The Bertz CT molecular complexity index is 1030. The number of nitrogens with zero attached hydrogens (tertiary/aromatic N) is 2. The second kappa shape index (κ2) is 7.89. The molecule has 1 N–H and O–H groups in total. The first kappa shape index (κ1) is 19.1. The summed E-state index contributed by atoms with van der Waals surface area (Å²) >= 11 is 0. The van der Waals surface area contributed by atoms with Gasteiger partial charge in [-0.05, 0) is 49.2 Å². The van der Waals surface area contributed by atoms with Crippen molar-refractivity contribution in [3.8, 4) is 17.2 Å². The Morgan fingerprint density at radius 2 is 1.81 bits per heavy atom. The topological polar surface area (TPSA) is 94.3 Å². The molecule has 27 heavy (non-hydrogen) atoms. The summed E-state index contributed by atoms with van der Waals surface area (Å²) in [4.78, 5) is 0.233. The Morgan fingerprint density at radius 3 is 2.52 bits per heavy atom. The van der Waals surface area contributed by atoms with E-state index >= 15 is 0 Å². The lowest BCUT2D eigenvalue weighted by atomic mass is 10.1. The highest BCUT2D eigenvalue weighted by molar-refractivity contribution is 7.89. The fourth-order valence-electron chi connectivity index (χ4n) is 2.69. The lowest BCUT2D eigenvalue weighted by molar-refractivity contribution is 0.411. The van der Waals surface area contributed by atoms with Crippen LogP contribution in [0.5, 0.6) is 5.75 Å². The first-order chi connectivity index (χ1) is 12.9. The quantitative estimate of drug-likeness (QED) is 0.670. The number of aromatic nitrogens is 2. The van der Waals surface area contributed by atoms with Crippen molar-refractivity contribution in [2.45, 2.75) is 25.2 Å². The third kappa shape index (κ3) is 4.35. The van der Waals surface area contributed by atoms with E-state index in [4.69, 9.17) is 9.15 Å². The molecule has 142 valence electrons. The van der Waals surface area contributed by atoms with Gasteiger partial charge in [-0.1, -0.05) is 18.2 Å². The van der Waals surface area contributed by atoms with E-state index in [2.05, 4.69) is 14.9 Å². The average Bonchev–Trinajstić information content (AvgIpc) is 3.12. The minimum atomic E-state index is -3.65. The van der Waals surface area contributed by atoms with Crippen LogP contribution in [0.2, 0.25) is 0 Å². The molecule has 0 unspecified atom stereocenters. The molecule has 7 nitrogen and oxygen atoms in total. The Kier molecular flexibility index (Phi) is 5.57. The minimum Gasteiger partial charge on any atom is -0.496 e. The molecular formula is C19H21N3O4S. The average molecular weight is 387 g/mol. The molecule has 0 aliphatic rings. The van der Waals surface area contributed by atoms with E-state index in [0.717, 1.165) is 11.1 Å². The molecule has 0 aliphatic carbocycles. The van der Waals surface area contributed by atoms with E-state index in [1.165, 1.54) is 0 Å². The van der Waals surface area contributed by atoms with Crippen molar-refractivity contribution in [2.24, 2.45) is 0 Å². The van der Waals surface area contributed by atoms with Gasteiger partial charge in [-0.25, -0.2) is 13.1 Å². The highest BCUT2D eigenvalue weighted by Crippen LogP contribution is 2.25. The zero-order chi connectivity index (χ0) is 19.4. The van der Waals surface area contributed by atoms with E-state index in [1.807, 2.05) is 30.3 Å². The van der Waals surface area contributed by atoms with Gasteiger partial charge in [0.1, 0.15) is 5.75 Å². The highest BCUT2D eigenvalue weighted by atomic mass is 32.2. The van der Waals surface area contributed by atoms with Crippen LogP contribution in [0.1, 0.15) is 17.0 Å². The molecule has 2 aromatic carbocycles. The maximum atomic E-state index is 12.6. The van der Waals surface area contributed by atoms with Crippen LogP contribution in [-0.4, -0.2) is 32.3 Å². The monoisotopic (exact) mass is 387 g/mol. The van der Waals surface area contributed by atoms with Crippen molar-refractivity contribution in [1.82, 2.24) is 14.9 Å². The zero-order valence-corrected chi connectivity index (χ0v) is 16.2. The molecular weight excluding hydrogens is 366 g/mol. The van der Waals surface area contributed by atoms with E-state index in [9.17, 15) is 8.42 Å². The molecule has 3 rings (SSSR count). The molecule has 3 aromatic rings. The second-order valence-corrected chi connectivity index (χ2v) is 7.84. The van der Waals surface area contributed by atoms with Crippen molar-refractivity contribution in [3.63, 3.8) is 0 Å². The van der Waals surface area contributed by atoms with Crippen LogP contribution in [0.3, 0.4) is 0 Å². The van der Waals surface area contributed by atoms with Crippen LogP contribution in [0.15, 0.2) is 51.8 Å². The van der Waals surface area contributed by atoms with Gasteiger partial charge in [0.15, 0.2) is 0 Å². The van der Waals surface area contributed by atoms with Crippen molar-refractivity contribution < 1.29 is 17.6 Å². The van der Waals surface area contributed by atoms with Crippen molar-refractivity contribution in [2.75, 3.05) is 13.7 Å². The third-order valence-electron chi connectivity index (χ3n) is 4.10. The molecule has 0 saturated carbocycles. The SMILES string of the molecule is COc1cc(C)c(S(=O)(=O)NCCc2nnc(-c3ccccc3)o2)cc1C. The Hall–Kier alpha value is -2.71. The van der Waals surface area contributed by atoms with E-state index in [1.54, 1.807) is 33.1 Å². The van der Waals surface area contributed by atoms with Crippen molar-refractivity contribution in [3.05, 3.63) is 59.5 Å². The lowest BCUT2D eigenvalue weighted by Crippen LogP contribution is -2.26. The number of benzene rings is 2. The number of methoxy groups -OCH3 is 1. The number of hydrogen-bond acceptors (Lipinski definition) is 6. The first-order valence-corrected chi connectivity index (χ1v) is 9.92. The molecule has 8 heteroatoms. The predicted octanol–water partition coefficient (Wildman–Crippen LogP) is 2.88. The van der Waals surface area contributed by atoms with Crippen molar-refractivity contribution >= 4 is 10.0 Å². The largest absolute Gasteiger partial charge is 0.496 e. The van der Waals surface area contributed by atoms with E-state index in [-0.39, 0.29) is 11.4 Å². The predicted molar refractivity (Wildman–Crippen MR) is 101 cm³/mol. The van der Waals surface area contributed by atoms with Gasteiger partial charge in [0.25, 0.3) is 0 Å². The summed E-state index contributed by atoms with van der Waals surface area (Å²) in [6.45, 7) is 3.70. The molecule has 0 radical (unpaired) electrons. The van der Waals surface area contributed by atoms with Crippen LogP contribution in [0, 0.1) is 13.8 Å². The van der Waals surface area contributed by atoms with Gasteiger partial charge in [0, 0.05) is 18.5 Å². The Labute approximate surface area is 158 Å². The summed E-state index contributed by atoms with van der Waals surface area (Å²) in [6.07, 6.45) is 0.299. The number of rotatable bonds is 7. The van der Waals surface area contributed by atoms with E-state index < -0.39 is 10.0 Å². The van der Waals surface area contributed by atoms with Crippen LogP contribution >= 0.6 is 0 Å². The summed E-state index contributed by atoms with van der Waals surface area (Å²) in [5, 5.41) is 7.97. The smallest absolute Gasteiger partial charge is 0.247 e.